The van der Waals surface area contributed by atoms with Gasteiger partial charge >= 0.3 is 6.03 Å². The number of nitrogens with one attached hydrogen (secondary N) is 5. The summed E-state index contributed by atoms with van der Waals surface area (Å²) in [5, 5.41) is 6.48. The zero-order valence-corrected chi connectivity index (χ0v) is 52.7. The van der Waals surface area contributed by atoms with Gasteiger partial charge in [0.05, 0.1) is 45.2 Å². The third-order valence-electron chi connectivity index (χ3n) is 18.6. The van der Waals surface area contributed by atoms with E-state index in [9.17, 15) is 19.2 Å². The van der Waals surface area contributed by atoms with Crippen molar-refractivity contribution < 1.29 is 18.8 Å². The lowest BCUT2D eigenvalue weighted by molar-refractivity contribution is -0.121. The number of H-pyrrole nitrogens is 3. The molecule has 0 unspecified atom stereocenters. The molecule has 95 heavy (non-hydrogen) atoms. The summed E-state index contributed by atoms with van der Waals surface area (Å²) in [5.74, 6) is 5.98. The van der Waals surface area contributed by atoms with Gasteiger partial charge in [0.1, 0.15) is 74.1 Å². The molecule has 1 saturated heterocycles. The van der Waals surface area contributed by atoms with Gasteiger partial charge in [-0.3, -0.25) is 42.5 Å². The number of anilines is 4. The lowest BCUT2D eigenvalue weighted by Gasteiger charge is -2.33. The number of carbonyl (C=O) groups is 3. The van der Waals surface area contributed by atoms with Crippen LogP contribution >= 0.6 is 0 Å². The van der Waals surface area contributed by atoms with Gasteiger partial charge < -0.3 is 57.0 Å². The summed E-state index contributed by atoms with van der Waals surface area (Å²) in [6, 6.07) is 18.8. The fourth-order valence-corrected chi connectivity index (χ4v) is 13.8. The Bertz CT molecular complexity index is 4970. The van der Waals surface area contributed by atoms with E-state index in [1.807, 2.05) is 80.8 Å². The van der Waals surface area contributed by atoms with E-state index >= 15 is 0 Å². The molecule has 3 fully saturated rings. The summed E-state index contributed by atoms with van der Waals surface area (Å²) in [6.07, 6.45) is 28.3. The lowest BCUT2D eigenvalue weighted by Crippen LogP contribution is -2.43. The van der Waals surface area contributed by atoms with E-state index in [0.29, 0.717) is 87.4 Å². The van der Waals surface area contributed by atoms with Crippen molar-refractivity contribution in [1.29, 1.82) is 0 Å². The number of nitrogen functional groups attached to an aromatic ring is 3. The highest BCUT2D eigenvalue weighted by atomic mass is 16.3. The number of rotatable bonds is 10. The van der Waals surface area contributed by atoms with Crippen LogP contribution in [0.4, 0.5) is 27.9 Å². The third-order valence-corrected chi connectivity index (χ3v) is 18.6. The van der Waals surface area contributed by atoms with Crippen LogP contribution in [-0.2, 0) is 9.59 Å². The Balaban J connectivity index is 0.000000123. The number of carbonyl (C=O) groups excluding carboxylic acids is 3. The Hall–Kier alpha value is -11.5. The van der Waals surface area contributed by atoms with E-state index < -0.39 is 0 Å². The van der Waals surface area contributed by atoms with Crippen molar-refractivity contribution in [1.82, 2.24) is 88.1 Å². The molecule has 14 heterocycles. The summed E-state index contributed by atoms with van der Waals surface area (Å²) < 4.78 is 12.1. The van der Waals surface area contributed by atoms with Gasteiger partial charge in [-0.05, 0) is 125 Å². The maximum absolute atomic E-state index is 12.8. The van der Waals surface area contributed by atoms with Crippen LogP contribution in [0.5, 0.6) is 0 Å². The minimum absolute atomic E-state index is 0.0295. The fourth-order valence-electron chi connectivity index (χ4n) is 13.8. The van der Waals surface area contributed by atoms with Crippen LogP contribution in [0.1, 0.15) is 106 Å². The number of nitrogens with two attached hydrogens (primary N) is 3. The number of amides is 4. The maximum Gasteiger partial charge on any atom is 0.319 e. The van der Waals surface area contributed by atoms with Crippen LogP contribution < -0.4 is 33.4 Å². The number of aromatic nitrogens is 15. The maximum atomic E-state index is 12.8. The topological polar surface area (TPSA) is 367 Å². The van der Waals surface area contributed by atoms with Crippen molar-refractivity contribution in [2.75, 3.05) is 56.2 Å². The molecule has 0 spiro atoms. The highest BCUT2D eigenvalue weighted by Gasteiger charge is 2.34. The monoisotopic (exact) mass is 1280 g/mol. The number of likely N-dealkylation sites (tertiary alicyclic amines) is 1. The number of imidazole rings is 3. The second kappa shape index (κ2) is 25.9. The number of aromatic amines is 3. The Morgan fingerprint density at radius 2 is 1.18 bits per heavy atom. The normalized spacial score (nSPS) is 17.6. The van der Waals surface area contributed by atoms with Gasteiger partial charge in [0.25, 0.3) is 5.56 Å². The molecule has 27 heteroatoms. The fraction of sp³-hybridized carbons (Fsp3) is 0.309. The molecule has 1 aliphatic heterocycles. The minimum atomic E-state index is -0.164. The van der Waals surface area contributed by atoms with Crippen LogP contribution in [0.15, 0.2) is 138 Å². The second-order valence-corrected chi connectivity index (χ2v) is 24.9. The molecule has 11 N–H and O–H groups in total. The minimum Gasteiger partial charge on any atom is -0.453 e. The quantitative estimate of drug-likeness (QED) is 0.0631. The average Bonchev–Trinajstić information content (AvgIpc) is 1.65. The van der Waals surface area contributed by atoms with Crippen molar-refractivity contribution in [2.45, 2.75) is 88.9 Å². The molecule has 13 aromatic rings. The summed E-state index contributed by atoms with van der Waals surface area (Å²) >= 11 is 0. The first-order valence-electron chi connectivity index (χ1n) is 32.0. The van der Waals surface area contributed by atoms with E-state index in [1.165, 1.54) is 0 Å². The van der Waals surface area contributed by atoms with Crippen molar-refractivity contribution in [3.05, 3.63) is 157 Å². The number of piperidine rings is 1. The van der Waals surface area contributed by atoms with Crippen molar-refractivity contribution >= 4 is 90.6 Å². The number of nitrogens with zero attached hydrogens (tertiary/aromatic N) is 14. The van der Waals surface area contributed by atoms with Crippen LogP contribution in [0.3, 0.4) is 0 Å². The molecule has 4 amide bonds. The van der Waals surface area contributed by atoms with E-state index in [2.05, 4.69) is 59.9 Å². The Kier molecular flexibility index (Phi) is 16.6. The zero-order chi connectivity index (χ0) is 65.4. The SMILES string of the molecule is CC(=O)NCC1CCC(c2nc(-c3cc4ncccc4[nH]3)c3c(N)nccn23)CC1.CN(C)C(=O)N1CCC(c2nc(-c3cc4ncccc4o3)c3c(N)nccn23)CC1.Nc1nccn2c(C3CCC(C(=O)Nc4cccnc4)CC3)nc(-c3cc4c(=O)[nH]ccc4[nH]3)c12. The van der Waals surface area contributed by atoms with Crippen LogP contribution in [0.25, 0.3) is 83.8 Å². The number of furan rings is 1. The molecular formula is C68H72N22O5. The van der Waals surface area contributed by atoms with E-state index in [4.69, 9.17) is 36.6 Å². The van der Waals surface area contributed by atoms with Gasteiger partial charge in [0.2, 0.25) is 11.8 Å². The van der Waals surface area contributed by atoms with Gasteiger partial charge in [-0.2, -0.15) is 0 Å². The van der Waals surface area contributed by atoms with Crippen LogP contribution in [0, 0.1) is 11.8 Å². The highest BCUT2D eigenvalue weighted by molar-refractivity contribution is 5.94. The van der Waals surface area contributed by atoms with E-state index in [0.717, 1.165) is 133 Å². The Morgan fingerprint density at radius 3 is 1.76 bits per heavy atom. The van der Waals surface area contributed by atoms with Gasteiger partial charge in [-0.1, -0.05) is 0 Å². The second-order valence-electron chi connectivity index (χ2n) is 24.9. The van der Waals surface area contributed by atoms with E-state index in [1.54, 1.807) is 87.6 Å². The number of hydrogen-bond donors (Lipinski definition) is 8. The largest absolute Gasteiger partial charge is 0.453 e. The molecule has 484 valence electrons. The summed E-state index contributed by atoms with van der Waals surface area (Å²) in [5.41, 5.74) is 29.5. The first-order chi connectivity index (χ1) is 46.2. The summed E-state index contributed by atoms with van der Waals surface area (Å²) in [6.45, 7) is 3.72. The van der Waals surface area contributed by atoms with Crippen LogP contribution in [-0.4, -0.2) is 134 Å². The molecule has 2 aliphatic carbocycles. The zero-order valence-electron chi connectivity index (χ0n) is 52.7. The first kappa shape index (κ1) is 61.0. The molecule has 3 aliphatic rings. The van der Waals surface area contributed by atoms with Gasteiger partial charge in [0.15, 0.2) is 11.3 Å². The van der Waals surface area contributed by atoms with Crippen molar-refractivity contribution in [2.24, 2.45) is 11.8 Å². The van der Waals surface area contributed by atoms with Gasteiger partial charge in [-0.15, -0.1) is 0 Å². The predicted molar refractivity (Wildman–Crippen MR) is 362 cm³/mol. The molecule has 27 nitrogen and oxygen atoms in total. The molecular weight excluding hydrogens is 1200 g/mol. The van der Waals surface area contributed by atoms with Gasteiger partial charge in [-0.25, -0.2) is 34.7 Å². The average molecular weight is 1280 g/mol. The number of hydrogen-bond acceptors (Lipinski definition) is 17. The van der Waals surface area contributed by atoms with Crippen molar-refractivity contribution in [3.63, 3.8) is 0 Å². The first-order valence-corrected chi connectivity index (χ1v) is 32.0. The molecule has 0 atom stereocenters. The predicted octanol–water partition coefficient (Wildman–Crippen LogP) is 9.70. The Labute approximate surface area is 543 Å². The summed E-state index contributed by atoms with van der Waals surface area (Å²) in [4.78, 5) is 102. The lowest BCUT2D eigenvalue weighted by atomic mass is 9.81. The number of urea groups is 1. The molecule has 16 rings (SSSR count). The van der Waals surface area contributed by atoms with E-state index in [-0.39, 0.29) is 41.2 Å². The smallest absolute Gasteiger partial charge is 0.319 e. The number of fused-ring (bicyclic) bond motifs is 6. The Morgan fingerprint density at radius 1 is 0.621 bits per heavy atom. The van der Waals surface area contributed by atoms with Gasteiger partial charge in [0, 0.05) is 132 Å². The van der Waals surface area contributed by atoms with Crippen molar-refractivity contribution in [3.8, 4) is 34.2 Å². The highest BCUT2D eigenvalue weighted by Crippen LogP contribution is 2.42. The molecule has 2 saturated carbocycles. The standard InChI is InChI=1S/C25H24N8O2.C22H25N7O.C21H23N7O2/c26-22-21-20(19-12-17-18(31-19)7-9-29-25(17)35)32-23(33(21)11-10-28-22)14-3-5-15(6-4-14)24(34)30-16-2-1-8-27-13-16;1-13(30)26-12-14-4-6-15(7-5-14)22-28-19(20-21(23)25-9-10-29(20)22)18-11-17-16(27-18)3-2-8-24-17;1-26(2)21(29)27-9-5-13(6-10-27)20-25-17(18-19(22)24-8-11-28(18)20)16-12-14-15(30-16)4-3-7-23-14/h1-2,7-15,31H,3-6H2,(H2,26,28)(H,29,35)(H,30,34);2-3,8-11,14-15,27H,4-7,12H2,1H3,(H2,23,25)(H,26,30);3-4,7-8,11-13H,5-6,9-10H2,1-2H3,(H2,22,24). The number of pyridine rings is 4. The molecule has 0 radical (unpaired) electrons. The summed E-state index contributed by atoms with van der Waals surface area (Å²) in [7, 11) is 3.56. The molecule has 0 aromatic carbocycles. The third kappa shape index (κ3) is 12.2. The molecule has 0 bridgehead atoms. The molecule has 13 aromatic heterocycles. The van der Waals surface area contributed by atoms with Crippen LogP contribution in [0.2, 0.25) is 0 Å².